The van der Waals surface area contributed by atoms with Crippen molar-refractivity contribution in [3.8, 4) is 0 Å². The van der Waals surface area contributed by atoms with Crippen LogP contribution in [-0.2, 0) is 4.79 Å². The summed E-state index contributed by atoms with van der Waals surface area (Å²) < 4.78 is 0. The first-order valence-electron chi connectivity index (χ1n) is 5.49. The molecule has 0 radical (unpaired) electrons. The SMILES string of the molecule is CC(=O)CCC1CCCC(C)(C)C1. The van der Waals surface area contributed by atoms with E-state index in [1.165, 1.54) is 25.7 Å². The number of carbonyl (C=O) groups excluding carboxylic acids is 1. The summed E-state index contributed by atoms with van der Waals surface area (Å²) in [4.78, 5) is 10.8. The first kappa shape index (κ1) is 10.7. The third kappa shape index (κ3) is 3.93. The lowest BCUT2D eigenvalue weighted by molar-refractivity contribution is -0.117. The summed E-state index contributed by atoms with van der Waals surface area (Å²) in [5, 5.41) is 0. The Morgan fingerprint density at radius 2 is 2.15 bits per heavy atom. The Hall–Kier alpha value is -0.330. The second kappa shape index (κ2) is 4.26. The van der Waals surface area contributed by atoms with Crippen LogP contribution in [0.3, 0.4) is 0 Å². The molecule has 1 nitrogen and oxygen atoms in total. The van der Waals surface area contributed by atoms with Crippen molar-refractivity contribution < 1.29 is 4.79 Å². The van der Waals surface area contributed by atoms with Crippen molar-refractivity contribution in [3.05, 3.63) is 0 Å². The molecule has 1 atom stereocenters. The lowest BCUT2D eigenvalue weighted by Gasteiger charge is -2.35. The highest BCUT2D eigenvalue weighted by molar-refractivity contribution is 5.75. The van der Waals surface area contributed by atoms with E-state index >= 15 is 0 Å². The van der Waals surface area contributed by atoms with E-state index in [1.807, 2.05) is 0 Å². The maximum atomic E-state index is 10.8. The van der Waals surface area contributed by atoms with Crippen LogP contribution in [0, 0.1) is 11.3 Å². The summed E-state index contributed by atoms with van der Waals surface area (Å²) in [6.45, 7) is 6.41. The maximum absolute atomic E-state index is 10.8. The molecule has 0 heterocycles. The third-order valence-corrected chi connectivity index (χ3v) is 3.21. The predicted molar refractivity (Wildman–Crippen MR) is 55.7 cm³/mol. The fourth-order valence-electron chi connectivity index (χ4n) is 2.51. The van der Waals surface area contributed by atoms with Crippen molar-refractivity contribution in [2.24, 2.45) is 11.3 Å². The van der Waals surface area contributed by atoms with Crippen molar-refractivity contribution >= 4 is 5.78 Å². The van der Waals surface area contributed by atoms with Gasteiger partial charge in [0.05, 0.1) is 0 Å². The third-order valence-electron chi connectivity index (χ3n) is 3.21. The molecule has 0 N–H and O–H groups in total. The average molecular weight is 182 g/mol. The Morgan fingerprint density at radius 1 is 1.46 bits per heavy atom. The fourth-order valence-corrected chi connectivity index (χ4v) is 2.51. The Labute approximate surface area is 81.9 Å². The van der Waals surface area contributed by atoms with Gasteiger partial charge in [-0.1, -0.05) is 26.7 Å². The molecule has 13 heavy (non-hydrogen) atoms. The molecule has 0 aliphatic heterocycles. The number of hydrogen-bond acceptors (Lipinski definition) is 1. The quantitative estimate of drug-likeness (QED) is 0.652. The van der Waals surface area contributed by atoms with Crippen molar-refractivity contribution in [3.63, 3.8) is 0 Å². The predicted octanol–water partition coefficient (Wildman–Crippen LogP) is 3.57. The second-order valence-electron chi connectivity index (χ2n) is 5.37. The smallest absolute Gasteiger partial charge is 0.129 e. The van der Waals surface area contributed by atoms with Gasteiger partial charge in [-0.2, -0.15) is 0 Å². The normalized spacial score (nSPS) is 27.2. The molecule has 0 aromatic heterocycles. The van der Waals surface area contributed by atoms with E-state index < -0.39 is 0 Å². The first-order chi connectivity index (χ1) is 5.99. The van der Waals surface area contributed by atoms with Crippen LogP contribution < -0.4 is 0 Å². The van der Waals surface area contributed by atoms with E-state index in [0.29, 0.717) is 11.2 Å². The van der Waals surface area contributed by atoms with Crippen LogP contribution in [0.15, 0.2) is 0 Å². The molecule has 76 valence electrons. The molecule has 0 amide bonds. The summed E-state index contributed by atoms with van der Waals surface area (Å²) in [6.07, 6.45) is 7.30. The van der Waals surface area contributed by atoms with Crippen LogP contribution in [-0.4, -0.2) is 5.78 Å². The number of rotatable bonds is 3. The largest absolute Gasteiger partial charge is 0.300 e. The number of Topliss-reactive ketones (excluding diaryl/α,β-unsaturated/α-hetero) is 1. The molecule has 0 aromatic rings. The topological polar surface area (TPSA) is 17.1 Å². The minimum atomic E-state index is 0.350. The van der Waals surface area contributed by atoms with Gasteiger partial charge in [0.1, 0.15) is 5.78 Å². The molecular weight excluding hydrogens is 160 g/mol. The minimum Gasteiger partial charge on any atom is -0.300 e. The minimum absolute atomic E-state index is 0.350. The Bertz CT molecular complexity index is 182. The highest BCUT2D eigenvalue weighted by atomic mass is 16.1. The molecule has 0 spiro atoms. The van der Waals surface area contributed by atoms with Gasteiger partial charge in [0, 0.05) is 6.42 Å². The van der Waals surface area contributed by atoms with Gasteiger partial charge in [0.15, 0.2) is 0 Å². The van der Waals surface area contributed by atoms with Gasteiger partial charge in [-0.15, -0.1) is 0 Å². The van der Waals surface area contributed by atoms with Crippen molar-refractivity contribution in [2.75, 3.05) is 0 Å². The molecule has 1 heteroatoms. The van der Waals surface area contributed by atoms with E-state index in [-0.39, 0.29) is 0 Å². The summed E-state index contributed by atoms with van der Waals surface area (Å²) >= 11 is 0. The summed E-state index contributed by atoms with van der Waals surface area (Å²) in [5.41, 5.74) is 0.527. The van der Waals surface area contributed by atoms with Crippen LogP contribution in [0.4, 0.5) is 0 Å². The Kier molecular flexibility index (Phi) is 3.52. The van der Waals surface area contributed by atoms with Crippen LogP contribution in [0.25, 0.3) is 0 Å². The molecular formula is C12H22O. The number of carbonyl (C=O) groups is 1. The lowest BCUT2D eigenvalue weighted by atomic mass is 9.71. The first-order valence-corrected chi connectivity index (χ1v) is 5.49. The van der Waals surface area contributed by atoms with E-state index in [9.17, 15) is 4.79 Å². The number of hydrogen-bond donors (Lipinski definition) is 0. The molecule has 1 aliphatic rings. The van der Waals surface area contributed by atoms with Gasteiger partial charge < -0.3 is 4.79 Å². The second-order valence-corrected chi connectivity index (χ2v) is 5.37. The highest BCUT2D eigenvalue weighted by Crippen LogP contribution is 2.40. The maximum Gasteiger partial charge on any atom is 0.129 e. The summed E-state index contributed by atoms with van der Waals surface area (Å²) in [6, 6.07) is 0. The number of ketones is 1. The lowest BCUT2D eigenvalue weighted by Crippen LogP contribution is -2.22. The van der Waals surface area contributed by atoms with Crippen molar-refractivity contribution in [1.29, 1.82) is 0 Å². The summed E-state index contributed by atoms with van der Waals surface area (Å²) in [5.74, 6) is 1.16. The molecule has 1 rings (SSSR count). The van der Waals surface area contributed by atoms with Gasteiger partial charge in [-0.25, -0.2) is 0 Å². The van der Waals surface area contributed by atoms with E-state index in [4.69, 9.17) is 0 Å². The molecule has 1 saturated carbocycles. The van der Waals surface area contributed by atoms with E-state index in [2.05, 4.69) is 13.8 Å². The van der Waals surface area contributed by atoms with Crippen LogP contribution in [0.5, 0.6) is 0 Å². The van der Waals surface area contributed by atoms with Crippen molar-refractivity contribution in [1.82, 2.24) is 0 Å². The zero-order valence-electron chi connectivity index (χ0n) is 9.23. The van der Waals surface area contributed by atoms with Crippen LogP contribution in [0.2, 0.25) is 0 Å². The Morgan fingerprint density at radius 3 is 2.69 bits per heavy atom. The molecule has 0 saturated heterocycles. The zero-order valence-corrected chi connectivity index (χ0v) is 9.23. The molecule has 1 aliphatic carbocycles. The average Bonchev–Trinajstić information content (AvgIpc) is 1.99. The van der Waals surface area contributed by atoms with Gasteiger partial charge in [0.25, 0.3) is 0 Å². The standard InChI is InChI=1S/C12H22O/c1-10(13)6-7-11-5-4-8-12(2,3)9-11/h11H,4-9H2,1-3H3. The molecule has 0 aromatic carbocycles. The Balaban J connectivity index is 2.30. The zero-order chi connectivity index (χ0) is 9.90. The van der Waals surface area contributed by atoms with Gasteiger partial charge in [-0.05, 0) is 37.5 Å². The van der Waals surface area contributed by atoms with Crippen molar-refractivity contribution in [2.45, 2.75) is 59.3 Å². The van der Waals surface area contributed by atoms with E-state index in [0.717, 1.165) is 18.8 Å². The fraction of sp³-hybridized carbons (Fsp3) is 0.917. The molecule has 1 unspecified atom stereocenters. The molecule has 0 bridgehead atoms. The van der Waals surface area contributed by atoms with Crippen LogP contribution >= 0.6 is 0 Å². The molecule has 1 fully saturated rings. The van der Waals surface area contributed by atoms with E-state index in [1.54, 1.807) is 6.92 Å². The summed E-state index contributed by atoms with van der Waals surface area (Å²) in [7, 11) is 0. The van der Waals surface area contributed by atoms with Gasteiger partial charge >= 0.3 is 0 Å². The van der Waals surface area contributed by atoms with Crippen LogP contribution in [0.1, 0.15) is 59.3 Å². The highest BCUT2D eigenvalue weighted by Gasteiger charge is 2.27. The van der Waals surface area contributed by atoms with Gasteiger partial charge in [0.2, 0.25) is 0 Å². The van der Waals surface area contributed by atoms with Gasteiger partial charge in [-0.3, -0.25) is 0 Å². The monoisotopic (exact) mass is 182 g/mol.